The molecule has 3 heteroatoms. The van der Waals surface area contributed by atoms with Crippen molar-refractivity contribution in [3.8, 4) is 0 Å². The number of carbonyl (C=O) groups is 1. The molecule has 106 valence electrons. The molecule has 1 aromatic carbocycles. The van der Waals surface area contributed by atoms with Crippen molar-refractivity contribution in [1.82, 2.24) is 4.90 Å². The third kappa shape index (κ3) is 4.93. The number of carbonyl (C=O) groups excluding carboxylic acids is 1. The van der Waals surface area contributed by atoms with E-state index in [1.807, 2.05) is 29.2 Å². The first-order valence-electron chi connectivity index (χ1n) is 7.19. The van der Waals surface area contributed by atoms with Gasteiger partial charge in [-0.2, -0.15) is 0 Å². The molecule has 0 unspecified atom stereocenters. The summed E-state index contributed by atoms with van der Waals surface area (Å²) in [5.41, 5.74) is 7.74. The highest BCUT2D eigenvalue weighted by Gasteiger charge is 2.17. The van der Waals surface area contributed by atoms with Crippen molar-refractivity contribution >= 4 is 11.6 Å². The number of amides is 1. The minimum absolute atomic E-state index is 0.203. The van der Waals surface area contributed by atoms with E-state index in [9.17, 15) is 4.79 Å². The molecule has 0 spiro atoms. The third-order valence-electron chi connectivity index (χ3n) is 3.33. The molecule has 1 rings (SSSR count). The molecule has 0 aliphatic rings. The summed E-state index contributed by atoms with van der Waals surface area (Å²) < 4.78 is 0. The summed E-state index contributed by atoms with van der Waals surface area (Å²) in [6.07, 6.45) is 3.87. The summed E-state index contributed by atoms with van der Waals surface area (Å²) >= 11 is 0. The van der Waals surface area contributed by atoms with Gasteiger partial charge < -0.3 is 10.6 Å². The van der Waals surface area contributed by atoms with E-state index < -0.39 is 0 Å². The van der Waals surface area contributed by atoms with Crippen molar-refractivity contribution in [3.05, 3.63) is 29.8 Å². The molecule has 0 atom stereocenters. The first kappa shape index (κ1) is 15.5. The predicted molar refractivity (Wildman–Crippen MR) is 80.7 cm³/mol. The van der Waals surface area contributed by atoms with Crippen LogP contribution in [0.2, 0.25) is 0 Å². The fourth-order valence-electron chi connectivity index (χ4n) is 2.09. The molecule has 0 bridgehead atoms. The van der Waals surface area contributed by atoms with Crippen LogP contribution in [-0.2, 0) is 11.3 Å². The van der Waals surface area contributed by atoms with Crippen LogP contribution < -0.4 is 5.73 Å². The van der Waals surface area contributed by atoms with Crippen LogP contribution in [0.3, 0.4) is 0 Å². The quantitative estimate of drug-likeness (QED) is 0.603. The number of para-hydroxylation sites is 1. The highest BCUT2D eigenvalue weighted by atomic mass is 16.2. The third-order valence-corrected chi connectivity index (χ3v) is 3.33. The summed E-state index contributed by atoms with van der Waals surface area (Å²) in [5.74, 6) is 0.228. The smallest absolute Gasteiger partial charge is 0.223 e. The van der Waals surface area contributed by atoms with E-state index in [-0.39, 0.29) is 11.9 Å². The second kappa shape index (κ2) is 7.82. The van der Waals surface area contributed by atoms with Gasteiger partial charge in [-0.3, -0.25) is 4.79 Å². The van der Waals surface area contributed by atoms with Crippen molar-refractivity contribution in [2.24, 2.45) is 0 Å². The number of unbranched alkanes of at least 4 members (excludes halogenated alkanes) is 2. The molecule has 1 aromatic rings. The number of hydrogen-bond acceptors (Lipinski definition) is 2. The van der Waals surface area contributed by atoms with Crippen LogP contribution in [0.4, 0.5) is 5.69 Å². The van der Waals surface area contributed by atoms with E-state index in [1.165, 1.54) is 0 Å². The molecule has 1 amide bonds. The molecule has 0 saturated heterocycles. The summed E-state index contributed by atoms with van der Waals surface area (Å²) in [6.45, 7) is 6.86. The average Bonchev–Trinajstić information content (AvgIpc) is 2.37. The van der Waals surface area contributed by atoms with E-state index >= 15 is 0 Å². The minimum atomic E-state index is 0.203. The number of hydrogen-bond donors (Lipinski definition) is 1. The molecule has 0 aromatic heterocycles. The van der Waals surface area contributed by atoms with Crippen LogP contribution >= 0.6 is 0 Å². The highest BCUT2D eigenvalue weighted by Crippen LogP contribution is 2.16. The van der Waals surface area contributed by atoms with Gasteiger partial charge in [0.25, 0.3) is 0 Å². The zero-order valence-electron chi connectivity index (χ0n) is 12.4. The fraction of sp³-hybridized carbons (Fsp3) is 0.562. The maximum atomic E-state index is 12.3. The standard InChI is InChI=1S/C16H26N2O/c1-4-5-6-11-16(19)18(13(2)3)12-14-9-7-8-10-15(14)17/h7-10,13H,4-6,11-12,17H2,1-3H3. The summed E-state index contributed by atoms with van der Waals surface area (Å²) in [4.78, 5) is 14.2. The topological polar surface area (TPSA) is 46.3 Å². The minimum Gasteiger partial charge on any atom is -0.398 e. The summed E-state index contributed by atoms with van der Waals surface area (Å²) in [7, 11) is 0. The first-order chi connectivity index (χ1) is 9.06. The van der Waals surface area contributed by atoms with Crippen molar-refractivity contribution < 1.29 is 4.79 Å². The van der Waals surface area contributed by atoms with E-state index in [0.717, 1.165) is 30.5 Å². The van der Waals surface area contributed by atoms with Gasteiger partial charge in [0.2, 0.25) is 5.91 Å². The Bertz CT molecular complexity index is 401. The number of nitrogens with two attached hydrogens (primary N) is 1. The molecule has 2 N–H and O–H groups in total. The summed E-state index contributed by atoms with van der Waals surface area (Å²) in [5, 5.41) is 0. The van der Waals surface area contributed by atoms with Gasteiger partial charge in [-0.15, -0.1) is 0 Å². The summed E-state index contributed by atoms with van der Waals surface area (Å²) in [6, 6.07) is 7.96. The van der Waals surface area contributed by atoms with E-state index in [0.29, 0.717) is 13.0 Å². The van der Waals surface area contributed by atoms with Gasteiger partial charge in [0.15, 0.2) is 0 Å². The Morgan fingerprint density at radius 3 is 2.53 bits per heavy atom. The molecule has 0 radical (unpaired) electrons. The van der Waals surface area contributed by atoms with Crippen LogP contribution in [0.25, 0.3) is 0 Å². The second-order valence-electron chi connectivity index (χ2n) is 5.27. The zero-order chi connectivity index (χ0) is 14.3. The Kier molecular flexibility index (Phi) is 6.40. The SMILES string of the molecule is CCCCCC(=O)N(Cc1ccccc1N)C(C)C. The molecule has 0 aliphatic carbocycles. The maximum Gasteiger partial charge on any atom is 0.223 e. The highest BCUT2D eigenvalue weighted by molar-refractivity contribution is 5.76. The monoisotopic (exact) mass is 262 g/mol. The van der Waals surface area contributed by atoms with Gasteiger partial charge in [0.1, 0.15) is 0 Å². The van der Waals surface area contributed by atoms with Gasteiger partial charge >= 0.3 is 0 Å². The molecular formula is C16H26N2O. The van der Waals surface area contributed by atoms with Crippen LogP contribution in [0.5, 0.6) is 0 Å². The van der Waals surface area contributed by atoms with E-state index in [1.54, 1.807) is 0 Å². The lowest BCUT2D eigenvalue weighted by atomic mass is 10.1. The van der Waals surface area contributed by atoms with E-state index in [4.69, 9.17) is 5.73 Å². The lowest BCUT2D eigenvalue weighted by molar-refractivity contribution is -0.133. The lowest BCUT2D eigenvalue weighted by Gasteiger charge is -2.27. The first-order valence-corrected chi connectivity index (χ1v) is 7.19. The average molecular weight is 262 g/mol. The van der Waals surface area contributed by atoms with Crippen LogP contribution in [-0.4, -0.2) is 16.8 Å². The van der Waals surface area contributed by atoms with Crippen LogP contribution in [0, 0.1) is 0 Å². The van der Waals surface area contributed by atoms with Gasteiger partial charge in [-0.1, -0.05) is 38.0 Å². The molecule has 0 saturated carbocycles. The molecule has 3 nitrogen and oxygen atoms in total. The van der Waals surface area contributed by atoms with Gasteiger partial charge in [-0.05, 0) is 31.9 Å². The number of nitrogens with zero attached hydrogens (tertiary/aromatic N) is 1. The Balaban J connectivity index is 2.68. The van der Waals surface area contributed by atoms with Crippen molar-refractivity contribution in [2.75, 3.05) is 5.73 Å². The largest absolute Gasteiger partial charge is 0.398 e. The Morgan fingerprint density at radius 2 is 1.95 bits per heavy atom. The number of benzene rings is 1. The maximum absolute atomic E-state index is 12.3. The normalized spacial score (nSPS) is 10.7. The number of anilines is 1. The Labute approximate surface area is 116 Å². The zero-order valence-corrected chi connectivity index (χ0v) is 12.4. The van der Waals surface area contributed by atoms with Gasteiger partial charge in [-0.25, -0.2) is 0 Å². The molecule has 0 aliphatic heterocycles. The van der Waals surface area contributed by atoms with Crippen molar-refractivity contribution in [1.29, 1.82) is 0 Å². The van der Waals surface area contributed by atoms with Gasteiger partial charge in [0, 0.05) is 24.7 Å². The predicted octanol–water partition coefficient (Wildman–Crippen LogP) is 3.59. The van der Waals surface area contributed by atoms with Crippen LogP contribution in [0.15, 0.2) is 24.3 Å². The molecule has 19 heavy (non-hydrogen) atoms. The lowest BCUT2D eigenvalue weighted by Crippen LogP contribution is -2.36. The molecule has 0 fully saturated rings. The van der Waals surface area contributed by atoms with Crippen molar-refractivity contribution in [2.45, 2.75) is 59.0 Å². The Hall–Kier alpha value is -1.51. The van der Waals surface area contributed by atoms with E-state index in [2.05, 4.69) is 20.8 Å². The number of rotatable bonds is 7. The molecule has 0 heterocycles. The Morgan fingerprint density at radius 1 is 1.26 bits per heavy atom. The number of nitrogen functional groups attached to an aromatic ring is 1. The fourth-order valence-corrected chi connectivity index (χ4v) is 2.09. The van der Waals surface area contributed by atoms with Crippen molar-refractivity contribution in [3.63, 3.8) is 0 Å². The second-order valence-corrected chi connectivity index (χ2v) is 5.27. The van der Waals surface area contributed by atoms with Gasteiger partial charge in [0.05, 0.1) is 0 Å². The molecular weight excluding hydrogens is 236 g/mol. The van der Waals surface area contributed by atoms with Crippen LogP contribution in [0.1, 0.15) is 52.0 Å².